The number of hydrogen-bond donors (Lipinski definition) is 2. The molecule has 0 fully saturated rings. The summed E-state index contributed by atoms with van der Waals surface area (Å²) in [6.45, 7) is 5.10. The number of aryl methyl sites for hydroxylation is 1. The van der Waals surface area contributed by atoms with Crippen LogP contribution in [0.25, 0.3) is 0 Å². The van der Waals surface area contributed by atoms with Crippen LogP contribution in [0.2, 0.25) is 0 Å². The molecule has 5 heteroatoms. The molecule has 31 heavy (non-hydrogen) atoms. The van der Waals surface area contributed by atoms with Gasteiger partial charge in [0.2, 0.25) is 0 Å². The molecule has 0 heterocycles. The molecule has 0 bridgehead atoms. The standard InChI is InChI=1S/C26H28N2O3/c1-3-16-31-26(30)21-12-14-23(15-13-21)28-25(29)22-10-7-8-19(17-22)18-27-24-11-6-5-9-20(24)4-2/h5-15,17,27H,3-4,16,18H2,1-2H3,(H,28,29). The van der Waals surface area contributed by atoms with Crippen LogP contribution in [0.3, 0.4) is 0 Å². The fourth-order valence-corrected chi connectivity index (χ4v) is 3.19. The molecule has 0 aliphatic rings. The van der Waals surface area contributed by atoms with Crippen molar-refractivity contribution in [3.05, 3.63) is 95.1 Å². The van der Waals surface area contributed by atoms with Crippen molar-refractivity contribution in [2.45, 2.75) is 33.2 Å². The Kier molecular flexibility index (Phi) is 7.82. The average Bonchev–Trinajstić information content (AvgIpc) is 2.82. The zero-order valence-electron chi connectivity index (χ0n) is 18.0. The highest BCUT2D eigenvalue weighted by molar-refractivity contribution is 6.04. The topological polar surface area (TPSA) is 67.4 Å². The van der Waals surface area contributed by atoms with E-state index in [2.05, 4.69) is 29.7 Å². The first kappa shape index (κ1) is 22.1. The molecule has 5 nitrogen and oxygen atoms in total. The molecule has 3 aromatic carbocycles. The van der Waals surface area contributed by atoms with Crippen LogP contribution in [0.15, 0.2) is 72.8 Å². The van der Waals surface area contributed by atoms with Crippen LogP contribution in [-0.2, 0) is 17.7 Å². The first-order valence-electron chi connectivity index (χ1n) is 10.6. The summed E-state index contributed by atoms with van der Waals surface area (Å²) < 4.78 is 5.12. The van der Waals surface area contributed by atoms with Crippen LogP contribution in [-0.4, -0.2) is 18.5 Å². The number of para-hydroxylation sites is 1. The molecule has 0 spiro atoms. The van der Waals surface area contributed by atoms with E-state index in [9.17, 15) is 9.59 Å². The van der Waals surface area contributed by atoms with E-state index >= 15 is 0 Å². The minimum atomic E-state index is -0.357. The van der Waals surface area contributed by atoms with E-state index in [0.29, 0.717) is 30.0 Å². The van der Waals surface area contributed by atoms with Gasteiger partial charge in [-0.05, 0) is 66.4 Å². The van der Waals surface area contributed by atoms with Crippen molar-refractivity contribution in [2.24, 2.45) is 0 Å². The highest BCUT2D eigenvalue weighted by atomic mass is 16.5. The van der Waals surface area contributed by atoms with Crippen molar-refractivity contribution >= 4 is 23.3 Å². The van der Waals surface area contributed by atoms with Gasteiger partial charge >= 0.3 is 5.97 Å². The number of hydrogen-bond acceptors (Lipinski definition) is 4. The van der Waals surface area contributed by atoms with Gasteiger partial charge in [0.05, 0.1) is 12.2 Å². The number of benzene rings is 3. The maximum atomic E-state index is 12.7. The van der Waals surface area contributed by atoms with Crippen molar-refractivity contribution in [3.8, 4) is 0 Å². The maximum Gasteiger partial charge on any atom is 0.338 e. The number of amides is 1. The number of ether oxygens (including phenoxy) is 1. The molecule has 3 rings (SSSR count). The molecular formula is C26H28N2O3. The number of rotatable bonds is 9. The quantitative estimate of drug-likeness (QED) is 0.440. The van der Waals surface area contributed by atoms with Gasteiger partial charge in [0, 0.05) is 23.5 Å². The molecule has 0 saturated heterocycles. The van der Waals surface area contributed by atoms with E-state index < -0.39 is 0 Å². The zero-order chi connectivity index (χ0) is 22.1. The first-order chi connectivity index (χ1) is 15.1. The van der Waals surface area contributed by atoms with Crippen molar-refractivity contribution in [1.82, 2.24) is 0 Å². The average molecular weight is 417 g/mol. The van der Waals surface area contributed by atoms with Gasteiger partial charge in [-0.25, -0.2) is 4.79 Å². The van der Waals surface area contributed by atoms with E-state index in [1.54, 1.807) is 30.3 Å². The monoisotopic (exact) mass is 416 g/mol. The lowest BCUT2D eigenvalue weighted by Gasteiger charge is -2.12. The fraction of sp³-hybridized carbons (Fsp3) is 0.231. The van der Waals surface area contributed by atoms with Crippen LogP contribution in [0.5, 0.6) is 0 Å². The molecule has 2 N–H and O–H groups in total. The van der Waals surface area contributed by atoms with Gasteiger partial charge in [0.1, 0.15) is 0 Å². The summed E-state index contributed by atoms with van der Waals surface area (Å²) in [6.07, 6.45) is 1.74. The summed E-state index contributed by atoms with van der Waals surface area (Å²) in [7, 11) is 0. The number of nitrogens with one attached hydrogen (secondary N) is 2. The lowest BCUT2D eigenvalue weighted by Crippen LogP contribution is -2.13. The minimum Gasteiger partial charge on any atom is -0.462 e. The third kappa shape index (κ3) is 6.19. The molecule has 160 valence electrons. The zero-order valence-corrected chi connectivity index (χ0v) is 18.0. The molecule has 3 aromatic rings. The van der Waals surface area contributed by atoms with E-state index in [0.717, 1.165) is 24.1 Å². The molecule has 0 aliphatic carbocycles. The second kappa shape index (κ2) is 11.0. The predicted molar refractivity (Wildman–Crippen MR) is 125 cm³/mol. The summed E-state index contributed by atoms with van der Waals surface area (Å²) in [5.41, 5.74) is 5.06. The molecule has 0 radical (unpaired) electrons. The van der Waals surface area contributed by atoms with Crippen molar-refractivity contribution in [1.29, 1.82) is 0 Å². The normalized spacial score (nSPS) is 10.4. The highest BCUT2D eigenvalue weighted by Gasteiger charge is 2.10. The van der Waals surface area contributed by atoms with Crippen LogP contribution >= 0.6 is 0 Å². The van der Waals surface area contributed by atoms with Crippen molar-refractivity contribution < 1.29 is 14.3 Å². The third-order valence-corrected chi connectivity index (χ3v) is 4.89. The fourth-order valence-electron chi connectivity index (χ4n) is 3.19. The largest absolute Gasteiger partial charge is 0.462 e. The van der Waals surface area contributed by atoms with Gasteiger partial charge in [-0.3, -0.25) is 4.79 Å². The molecule has 1 amide bonds. The molecular weight excluding hydrogens is 388 g/mol. The molecule has 0 saturated carbocycles. The summed E-state index contributed by atoms with van der Waals surface area (Å²) in [4.78, 5) is 24.6. The van der Waals surface area contributed by atoms with Crippen LogP contribution in [0.1, 0.15) is 52.1 Å². The van der Waals surface area contributed by atoms with E-state index in [4.69, 9.17) is 4.74 Å². The molecule has 0 unspecified atom stereocenters. The highest BCUT2D eigenvalue weighted by Crippen LogP contribution is 2.18. The van der Waals surface area contributed by atoms with Gasteiger partial charge in [-0.1, -0.05) is 44.2 Å². The Morgan fingerprint density at radius 1 is 0.871 bits per heavy atom. The Bertz CT molecular complexity index is 1030. The van der Waals surface area contributed by atoms with Gasteiger partial charge in [-0.15, -0.1) is 0 Å². The predicted octanol–water partition coefficient (Wildman–Crippen LogP) is 5.68. The summed E-state index contributed by atoms with van der Waals surface area (Å²) in [6, 6.07) is 22.5. The Labute approximate surface area is 183 Å². The number of anilines is 2. The van der Waals surface area contributed by atoms with Crippen molar-refractivity contribution in [2.75, 3.05) is 17.2 Å². The van der Waals surface area contributed by atoms with Crippen LogP contribution < -0.4 is 10.6 Å². The summed E-state index contributed by atoms with van der Waals surface area (Å²) in [5.74, 6) is -0.554. The van der Waals surface area contributed by atoms with Gasteiger partial charge in [0.25, 0.3) is 5.91 Å². The number of carbonyl (C=O) groups excluding carboxylic acids is 2. The Morgan fingerprint density at radius 3 is 2.39 bits per heavy atom. The Balaban J connectivity index is 1.61. The smallest absolute Gasteiger partial charge is 0.338 e. The Morgan fingerprint density at radius 2 is 1.65 bits per heavy atom. The number of esters is 1. The lowest BCUT2D eigenvalue weighted by atomic mass is 10.1. The summed E-state index contributed by atoms with van der Waals surface area (Å²) in [5, 5.41) is 6.33. The number of carbonyl (C=O) groups is 2. The lowest BCUT2D eigenvalue weighted by molar-refractivity contribution is 0.0505. The van der Waals surface area contributed by atoms with E-state index in [1.165, 1.54) is 5.56 Å². The minimum absolute atomic E-state index is 0.197. The van der Waals surface area contributed by atoms with Gasteiger partial charge in [0.15, 0.2) is 0 Å². The van der Waals surface area contributed by atoms with Crippen LogP contribution in [0, 0.1) is 0 Å². The molecule has 0 aromatic heterocycles. The van der Waals surface area contributed by atoms with Crippen LogP contribution in [0.4, 0.5) is 11.4 Å². The third-order valence-electron chi connectivity index (χ3n) is 4.89. The molecule has 0 aliphatic heterocycles. The second-order valence-corrected chi connectivity index (χ2v) is 7.23. The van der Waals surface area contributed by atoms with E-state index in [1.807, 2.05) is 37.3 Å². The SMILES string of the molecule is CCCOC(=O)c1ccc(NC(=O)c2cccc(CNc3ccccc3CC)c2)cc1. The van der Waals surface area contributed by atoms with E-state index in [-0.39, 0.29) is 11.9 Å². The van der Waals surface area contributed by atoms with Gasteiger partial charge < -0.3 is 15.4 Å². The maximum absolute atomic E-state index is 12.7. The second-order valence-electron chi connectivity index (χ2n) is 7.23. The first-order valence-corrected chi connectivity index (χ1v) is 10.6. The summed E-state index contributed by atoms with van der Waals surface area (Å²) >= 11 is 0. The van der Waals surface area contributed by atoms with Gasteiger partial charge in [-0.2, -0.15) is 0 Å². The Hall–Kier alpha value is -3.60. The van der Waals surface area contributed by atoms with Crippen molar-refractivity contribution in [3.63, 3.8) is 0 Å². The molecule has 0 atom stereocenters.